The van der Waals surface area contributed by atoms with Crippen LogP contribution in [0, 0.1) is 5.92 Å². The number of nitrogens with zero attached hydrogens (tertiary/aromatic N) is 1. The minimum absolute atomic E-state index is 0. The van der Waals surface area contributed by atoms with Gasteiger partial charge in [0.2, 0.25) is 0 Å². The van der Waals surface area contributed by atoms with E-state index in [1.165, 1.54) is 4.90 Å². The van der Waals surface area contributed by atoms with E-state index < -0.39 is 5.54 Å². The number of nitrogens with two attached hydrogens (primary N) is 1. The van der Waals surface area contributed by atoms with Crippen LogP contribution in [-0.4, -0.2) is 40.7 Å². The number of hydrogen-bond acceptors (Lipinski definition) is 4. The SMILES string of the molecule is CC(CN)(NC(=O)c1ccc2c(c1)C(=O)N(C1CCCCC1)C2=O)C1CC1.Cl. The molecule has 7 heteroatoms. The molecule has 0 spiro atoms. The predicted molar refractivity (Wildman–Crippen MR) is 109 cm³/mol. The third kappa shape index (κ3) is 3.55. The van der Waals surface area contributed by atoms with Crippen LogP contribution in [-0.2, 0) is 0 Å². The van der Waals surface area contributed by atoms with Gasteiger partial charge in [-0.1, -0.05) is 19.3 Å². The Kier molecular flexibility index (Phi) is 5.82. The van der Waals surface area contributed by atoms with Crippen molar-refractivity contribution in [1.82, 2.24) is 10.2 Å². The molecule has 1 aromatic carbocycles. The monoisotopic (exact) mass is 405 g/mol. The normalized spacial score (nSPS) is 21.7. The molecule has 152 valence electrons. The molecule has 0 saturated heterocycles. The van der Waals surface area contributed by atoms with E-state index in [2.05, 4.69) is 5.32 Å². The lowest BCUT2D eigenvalue weighted by Crippen LogP contribution is -2.53. The highest BCUT2D eigenvalue weighted by atomic mass is 35.5. The van der Waals surface area contributed by atoms with Crippen LogP contribution in [0.5, 0.6) is 0 Å². The van der Waals surface area contributed by atoms with Crippen molar-refractivity contribution < 1.29 is 14.4 Å². The maximum absolute atomic E-state index is 12.9. The molecule has 3 aliphatic rings. The first-order chi connectivity index (χ1) is 12.9. The second-order valence-corrected chi connectivity index (χ2v) is 8.38. The van der Waals surface area contributed by atoms with Crippen LogP contribution in [0.3, 0.4) is 0 Å². The highest BCUT2D eigenvalue weighted by Crippen LogP contribution is 2.39. The first-order valence-electron chi connectivity index (χ1n) is 9.99. The molecule has 1 aromatic rings. The molecule has 3 N–H and O–H groups in total. The van der Waals surface area contributed by atoms with Crippen molar-refractivity contribution in [3.05, 3.63) is 34.9 Å². The van der Waals surface area contributed by atoms with Gasteiger partial charge in [0.25, 0.3) is 17.7 Å². The molecule has 4 rings (SSSR count). The zero-order valence-electron chi connectivity index (χ0n) is 16.2. The van der Waals surface area contributed by atoms with Crippen LogP contribution < -0.4 is 11.1 Å². The second kappa shape index (κ2) is 7.84. The fraction of sp³-hybridized carbons (Fsp3) is 0.571. The summed E-state index contributed by atoms with van der Waals surface area (Å²) in [5, 5.41) is 3.04. The summed E-state index contributed by atoms with van der Waals surface area (Å²) >= 11 is 0. The number of amides is 3. The summed E-state index contributed by atoms with van der Waals surface area (Å²) in [5.74, 6) is -0.321. The molecule has 0 bridgehead atoms. The molecule has 28 heavy (non-hydrogen) atoms. The van der Waals surface area contributed by atoms with E-state index in [0.717, 1.165) is 44.9 Å². The van der Waals surface area contributed by atoms with Crippen molar-refractivity contribution in [2.75, 3.05) is 6.54 Å². The Hall–Kier alpha value is -1.92. The molecule has 1 atom stereocenters. The van der Waals surface area contributed by atoms with E-state index in [4.69, 9.17) is 5.73 Å². The van der Waals surface area contributed by atoms with Crippen molar-refractivity contribution in [2.24, 2.45) is 11.7 Å². The summed E-state index contributed by atoms with van der Waals surface area (Å²) in [6.45, 7) is 2.34. The standard InChI is InChI=1S/C21H27N3O3.ClH/c1-21(12-22,14-8-9-14)23-18(25)13-7-10-16-17(11-13)20(27)24(19(16)26)15-5-3-2-4-6-15;/h7,10-11,14-15H,2-6,8-9,12,22H2,1H3,(H,23,25);1H. The lowest BCUT2D eigenvalue weighted by atomic mass is 9.94. The first-order valence-corrected chi connectivity index (χ1v) is 9.99. The highest BCUT2D eigenvalue weighted by Gasteiger charge is 2.43. The maximum Gasteiger partial charge on any atom is 0.261 e. The van der Waals surface area contributed by atoms with E-state index in [1.807, 2.05) is 6.92 Å². The third-order valence-corrected chi connectivity index (χ3v) is 6.42. The fourth-order valence-corrected chi connectivity index (χ4v) is 4.44. The van der Waals surface area contributed by atoms with Crippen molar-refractivity contribution in [1.29, 1.82) is 0 Å². The molecule has 6 nitrogen and oxygen atoms in total. The van der Waals surface area contributed by atoms with Crippen LogP contribution in [0.4, 0.5) is 0 Å². The van der Waals surface area contributed by atoms with Crippen molar-refractivity contribution in [3.63, 3.8) is 0 Å². The number of halogens is 1. The second-order valence-electron chi connectivity index (χ2n) is 8.38. The molecule has 2 aliphatic carbocycles. The Bertz CT molecular complexity index is 802. The van der Waals surface area contributed by atoms with Gasteiger partial charge < -0.3 is 11.1 Å². The van der Waals surface area contributed by atoms with E-state index in [9.17, 15) is 14.4 Å². The Labute approximate surface area is 171 Å². The molecule has 1 heterocycles. The molecule has 2 saturated carbocycles. The Morgan fingerprint density at radius 3 is 2.36 bits per heavy atom. The summed E-state index contributed by atoms with van der Waals surface area (Å²) in [4.78, 5) is 39.8. The van der Waals surface area contributed by atoms with Crippen LogP contribution in [0.2, 0.25) is 0 Å². The van der Waals surface area contributed by atoms with Crippen molar-refractivity contribution >= 4 is 30.1 Å². The van der Waals surface area contributed by atoms with Gasteiger partial charge in [0.15, 0.2) is 0 Å². The van der Waals surface area contributed by atoms with Crippen LogP contribution in [0.15, 0.2) is 18.2 Å². The number of hydrogen-bond donors (Lipinski definition) is 2. The minimum atomic E-state index is -0.427. The number of carbonyl (C=O) groups is 3. The molecule has 3 amide bonds. The summed E-state index contributed by atoms with van der Waals surface area (Å²) in [6, 6.07) is 4.80. The van der Waals surface area contributed by atoms with Crippen LogP contribution in [0.1, 0.15) is 82.9 Å². The summed E-state index contributed by atoms with van der Waals surface area (Å²) in [5.41, 5.74) is 6.62. The molecular weight excluding hydrogens is 378 g/mol. The molecule has 2 fully saturated rings. The van der Waals surface area contributed by atoms with Crippen LogP contribution in [0.25, 0.3) is 0 Å². The number of imide groups is 1. The number of rotatable bonds is 5. The van der Waals surface area contributed by atoms with Gasteiger partial charge in [0, 0.05) is 18.2 Å². The lowest BCUT2D eigenvalue weighted by Gasteiger charge is -2.29. The van der Waals surface area contributed by atoms with E-state index in [1.54, 1.807) is 18.2 Å². The highest BCUT2D eigenvalue weighted by molar-refractivity contribution is 6.22. The van der Waals surface area contributed by atoms with Gasteiger partial charge in [-0.15, -0.1) is 12.4 Å². The molecule has 1 aliphatic heterocycles. The molecule has 0 radical (unpaired) electrons. The third-order valence-electron chi connectivity index (χ3n) is 6.42. The van der Waals surface area contributed by atoms with Gasteiger partial charge in [0.1, 0.15) is 0 Å². The number of benzene rings is 1. The van der Waals surface area contributed by atoms with E-state index >= 15 is 0 Å². The number of nitrogens with one attached hydrogen (secondary N) is 1. The van der Waals surface area contributed by atoms with E-state index in [0.29, 0.717) is 29.2 Å². The molecule has 0 aromatic heterocycles. The van der Waals surface area contributed by atoms with Gasteiger partial charge in [-0.2, -0.15) is 0 Å². The van der Waals surface area contributed by atoms with Crippen LogP contribution >= 0.6 is 12.4 Å². The minimum Gasteiger partial charge on any atom is -0.345 e. The van der Waals surface area contributed by atoms with Gasteiger partial charge in [0.05, 0.1) is 16.7 Å². The zero-order valence-corrected chi connectivity index (χ0v) is 17.0. The Morgan fingerprint density at radius 1 is 1.11 bits per heavy atom. The average Bonchev–Trinajstić information content (AvgIpc) is 3.51. The van der Waals surface area contributed by atoms with Gasteiger partial charge in [-0.25, -0.2) is 0 Å². The van der Waals surface area contributed by atoms with Gasteiger partial charge in [-0.05, 0) is 56.7 Å². The lowest BCUT2D eigenvalue weighted by molar-refractivity contribution is 0.0548. The molecular formula is C21H28ClN3O3. The number of fused-ring (bicyclic) bond motifs is 1. The largest absolute Gasteiger partial charge is 0.345 e. The number of carbonyl (C=O) groups excluding carboxylic acids is 3. The molecule has 1 unspecified atom stereocenters. The summed E-state index contributed by atoms with van der Waals surface area (Å²) < 4.78 is 0. The Morgan fingerprint density at radius 2 is 1.75 bits per heavy atom. The van der Waals surface area contributed by atoms with E-state index in [-0.39, 0.29) is 36.2 Å². The quantitative estimate of drug-likeness (QED) is 0.736. The maximum atomic E-state index is 12.9. The first kappa shape index (κ1) is 20.8. The fourth-order valence-electron chi connectivity index (χ4n) is 4.44. The average molecular weight is 406 g/mol. The van der Waals surface area contributed by atoms with Crippen molar-refractivity contribution in [2.45, 2.75) is 63.5 Å². The van der Waals surface area contributed by atoms with Gasteiger partial charge in [-0.3, -0.25) is 19.3 Å². The topological polar surface area (TPSA) is 92.5 Å². The predicted octanol–water partition coefficient (Wildman–Crippen LogP) is 2.89. The zero-order chi connectivity index (χ0) is 19.2. The smallest absolute Gasteiger partial charge is 0.261 e. The van der Waals surface area contributed by atoms with Gasteiger partial charge >= 0.3 is 0 Å². The van der Waals surface area contributed by atoms with Crippen molar-refractivity contribution in [3.8, 4) is 0 Å². The Balaban J connectivity index is 0.00000225. The summed E-state index contributed by atoms with van der Waals surface area (Å²) in [7, 11) is 0. The summed E-state index contributed by atoms with van der Waals surface area (Å²) in [6.07, 6.45) is 7.13.